The molecule has 0 bridgehead atoms. The maximum absolute atomic E-state index is 5.04. The van der Waals surface area contributed by atoms with Crippen LogP contribution in [0.5, 0.6) is 0 Å². The molecule has 212 valence electrons. The monoisotopic (exact) mass is 577 g/mol. The lowest BCUT2D eigenvalue weighted by Gasteiger charge is -2.10. The summed E-state index contributed by atoms with van der Waals surface area (Å²) in [6.45, 7) is 0. The molecule has 0 aliphatic rings. The Morgan fingerprint density at radius 2 is 0.956 bits per heavy atom. The molecule has 0 radical (unpaired) electrons. The summed E-state index contributed by atoms with van der Waals surface area (Å²) in [6, 6.07) is 52.0. The van der Waals surface area contributed by atoms with Crippen molar-refractivity contribution in [3.8, 4) is 61.6 Å². The third kappa shape index (κ3) is 5.28. The average molecular weight is 578 g/mol. The maximum atomic E-state index is 5.04. The summed E-state index contributed by atoms with van der Waals surface area (Å²) in [5, 5.41) is 10.0. The highest BCUT2D eigenvalue weighted by atomic mass is 15.5. The van der Waals surface area contributed by atoms with Gasteiger partial charge in [-0.2, -0.15) is 4.80 Å². The number of fused-ring (bicyclic) bond motifs is 1. The van der Waals surface area contributed by atoms with E-state index in [4.69, 9.17) is 10.2 Å². The van der Waals surface area contributed by atoms with Gasteiger partial charge in [0, 0.05) is 29.1 Å². The zero-order valence-corrected chi connectivity index (χ0v) is 24.3. The van der Waals surface area contributed by atoms with E-state index < -0.39 is 0 Å². The molecule has 0 amide bonds. The number of aromatic nitrogens is 5. The maximum Gasteiger partial charge on any atom is 0.121 e. The minimum absolute atomic E-state index is 0.820. The van der Waals surface area contributed by atoms with Gasteiger partial charge in [-0.15, -0.1) is 10.2 Å². The van der Waals surface area contributed by atoms with Gasteiger partial charge in [0.25, 0.3) is 0 Å². The van der Waals surface area contributed by atoms with Crippen molar-refractivity contribution in [2.75, 3.05) is 0 Å². The molecule has 0 aliphatic carbocycles. The van der Waals surface area contributed by atoms with E-state index in [0.717, 1.165) is 67.1 Å². The molecule has 0 N–H and O–H groups in total. The Balaban J connectivity index is 1.27. The lowest BCUT2D eigenvalue weighted by molar-refractivity contribution is 0.766. The van der Waals surface area contributed by atoms with Crippen LogP contribution in [0.1, 0.15) is 0 Å². The van der Waals surface area contributed by atoms with Crippen molar-refractivity contribution < 1.29 is 0 Å². The van der Waals surface area contributed by atoms with Crippen molar-refractivity contribution in [1.29, 1.82) is 0 Å². The molecule has 5 aromatic carbocycles. The van der Waals surface area contributed by atoms with Gasteiger partial charge in [-0.25, -0.2) is 0 Å². The van der Waals surface area contributed by atoms with Gasteiger partial charge in [-0.1, -0.05) is 91.0 Å². The van der Waals surface area contributed by atoms with Crippen molar-refractivity contribution in [3.05, 3.63) is 164 Å². The highest BCUT2D eigenvalue weighted by molar-refractivity contribution is 5.96. The van der Waals surface area contributed by atoms with Gasteiger partial charge in [0.2, 0.25) is 0 Å². The zero-order valence-electron chi connectivity index (χ0n) is 24.3. The fourth-order valence-electron chi connectivity index (χ4n) is 5.71. The summed E-state index contributed by atoms with van der Waals surface area (Å²) in [6.07, 6.45) is 3.65. The van der Waals surface area contributed by atoms with Gasteiger partial charge in [-0.3, -0.25) is 9.97 Å². The third-order valence-electron chi connectivity index (χ3n) is 7.98. The number of hydrogen-bond acceptors (Lipinski definition) is 4. The van der Waals surface area contributed by atoms with Crippen molar-refractivity contribution in [3.63, 3.8) is 0 Å². The van der Waals surface area contributed by atoms with Crippen LogP contribution in [0, 0.1) is 0 Å². The van der Waals surface area contributed by atoms with E-state index in [2.05, 4.69) is 119 Å². The van der Waals surface area contributed by atoms with Crippen LogP contribution in [0.25, 0.3) is 72.6 Å². The topological polar surface area (TPSA) is 56.5 Å². The second-order valence-corrected chi connectivity index (χ2v) is 10.9. The first kappa shape index (κ1) is 26.4. The third-order valence-corrected chi connectivity index (χ3v) is 7.98. The summed E-state index contributed by atoms with van der Waals surface area (Å²) in [4.78, 5) is 10.9. The summed E-state index contributed by atoms with van der Waals surface area (Å²) < 4.78 is 0. The minimum Gasteiger partial charge on any atom is -0.256 e. The molecule has 0 spiro atoms. The Morgan fingerprint density at radius 1 is 0.378 bits per heavy atom. The SMILES string of the molecule is c1ccc(-c2ccc(-n3nc4cc(-c5cccc(-c6ccccn6)c5)cc(-c5cccc(-c6ccccn6)c5)c4n3)cc2)cc1. The Bertz CT molecular complexity index is 2240. The van der Waals surface area contributed by atoms with Gasteiger partial charge in [0.1, 0.15) is 11.0 Å². The van der Waals surface area contributed by atoms with Crippen molar-refractivity contribution in [2.24, 2.45) is 0 Å². The van der Waals surface area contributed by atoms with Crippen molar-refractivity contribution >= 4 is 11.0 Å². The normalized spacial score (nSPS) is 11.1. The van der Waals surface area contributed by atoms with Crippen LogP contribution in [0.15, 0.2) is 164 Å². The molecule has 0 saturated heterocycles. The fourth-order valence-corrected chi connectivity index (χ4v) is 5.71. The molecule has 5 heteroatoms. The molecule has 3 aromatic heterocycles. The standard InChI is InChI=1S/C40H27N5/c1-2-10-28(11-3-1)29-18-20-35(21-19-29)45-43-39-27-34(30-12-8-14-32(24-30)37-16-4-6-22-41-37)26-36(40(39)44-45)31-13-9-15-33(25-31)38-17-5-7-23-42-38/h1-27H. The first-order valence-electron chi connectivity index (χ1n) is 14.9. The Morgan fingerprint density at radius 3 is 1.62 bits per heavy atom. The Hall–Kier alpha value is -6.20. The largest absolute Gasteiger partial charge is 0.256 e. The molecule has 8 aromatic rings. The molecule has 3 heterocycles. The molecular weight excluding hydrogens is 550 g/mol. The number of pyridine rings is 2. The minimum atomic E-state index is 0.820. The lowest BCUT2D eigenvalue weighted by Crippen LogP contribution is -1.98. The molecule has 8 rings (SSSR count). The van der Waals surface area contributed by atoms with Gasteiger partial charge >= 0.3 is 0 Å². The van der Waals surface area contributed by atoms with Crippen LogP contribution in [-0.2, 0) is 0 Å². The number of hydrogen-bond donors (Lipinski definition) is 0. The zero-order chi connectivity index (χ0) is 30.0. The van der Waals surface area contributed by atoms with E-state index in [0.29, 0.717) is 0 Å². The van der Waals surface area contributed by atoms with Crippen LogP contribution in [0.4, 0.5) is 0 Å². The molecule has 0 atom stereocenters. The molecular formula is C40H27N5. The fraction of sp³-hybridized carbons (Fsp3) is 0. The molecule has 0 fully saturated rings. The van der Waals surface area contributed by atoms with E-state index in [9.17, 15) is 0 Å². The first-order chi connectivity index (χ1) is 22.3. The molecule has 0 unspecified atom stereocenters. The van der Waals surface area contributed by atoms with Crippen LogP contribution < -0.4 is 0 Å². The van der Waals surface area contributed by atoms with Crippen LogP contribution in [0.2, 0.25) is 0 Å². The molecule has 0 saturated carbocycles. The Kier molecular flexibility index (Phi) is 6.74. The highest BCUT2D eigenvalue weighted by Crippen LogP contribution is 2.36. The van der Waals surface area contributed by atoms with E-state index in [1.54, 1.807) is 4.80 Å². The van der Waals surface area contributed by atoms with Crippen molar-refractivity contribution in [2.45, 2.75) is 0 Å². The summed E-state index contributed by atoms with van der Waals surface area (Å²) in [7, 11) is 0. The lowest BCUT2D eigenvalue weighted by atomic mass is 9.95. The van der Waals surface area contributed by atoms with Crippen molar-refractivity contribution in [1.82, 2.24) is 25.0 Å². The second kappa shape index (κ2) is 11.5. The van der Waals surface area contributed by atoms with E-state index in [1.165, 1.54) is 5.56 Å². The van der Waals surface area contributed by atoms with Crippen LogP contribution >= 0.6 is 0 Å². The summed E-state index contributed by atoms with van der Waals surface area (Å²) >= 11 is 0. The first-order valence-corrected chi connectivity index (χ1v) is 14.9. The highest BCUT2D eigenvalue weighted by Gasteiger charge is 2.16. The van der Waals surface area contributed by atoms with E-state index in [-0.39, 0.29) is 0 Å². The number of nitrogens with zero attached hydrogens (tertiary/aromatic N) is 5. The number of benzene rings is 5. The molecule has 0 aliphatic heterocycles. The molecule has 5 nitrogen and oxygen atoms in total. The Labute approximate surface area is 261 Å². The molecule has 45 heavy (non-hydrogen) atoms. The van der Waals surface area contributed by atoms with E-state index >= 15 is 0 Å². The quantitative estimate of drug-likeness (QED) is 0.197. The van der Waals surface area contributed by atoms with E-state index in [1.807, 2.05) is 54.9 Å². The second-order valence-electron chi connectivity index (χ2n) is 10.9. The predicted octanol–water partition coefficient (Wildman–Crippen LogP) is 9.55. The summed E-state index contributed by atoms with van der Waals surface area (Å²) in [5.41, 5.74) is 13.1. The van der Waals surface area contributed by atoms with Gasteiger partial charge in [-0.05, 0) is 88.5 Å². The number of rotatable bonds is 6. The van der Waals surface area contributed by atoms with Crippen LogP contribution in [0.3, 0.4) is 0 Å². The van der Waals surface area contributed by atoms with Gasteiger partial charge in [0.15, 0.2) is 0 Å². The summed E-state index contributed by atoms with van der Waals surface area (Å²) in [5.74, 6) is 0. The smallest absolute Gasteiger partial charge is 0.121 e. The van der Waals surface area contributed by atoms with Crippen LogP contribution in [-0.4, -0.2) is 25.0 Å². The predicted molar refractivity (Wildman–Crippen MR) is 182 cm³/mol. The van der Waals surface area contributed by atoms with Gasteiger partial charge < -0.3 is 0 Å². The average Bonchev–Trinajstić information content (AvgIpc) is 3.57. The van der Waals surface area contributed by atoms with Gasteiger partial charge in [0.05, 0.1) is 17.1 Å².